The van der Waals surface area contributed by atoms with Gasteiger partial charge in [0.15, 0.2) is 11.5 Å². The van der Waals surface area contributed by atoms with E-state index in [-0.39, 0.29) is 0 Å². The monoisotopic (exact) mass is 292 g/mol. The van der Waals surface area contributed by atoms with Gasteiger partial charge < -0.3 is 19.7 Å². The number of hydrogen-bond donors (Lipinski definition) is 1. The van der Waals surface area contributed by atoms with Crippen molar-refractivity contribution in [3.05, 3.63) is 23.8 Å². The van der Waals surface area contributed by atoms with Crippen molar-refractivity contribution in [2.45, 2.75) is 26.2 Å². The van der Waals surface area contributed by atoms with Gasteiger partial charge in [0, 0.05) is 13.1 Å². The van der Waals surface area contributed by atoms with Gasteiger partial charge in [-0.25, -0.2) is 0 Å². The second kappa shape index (κ2) is 8.90. The highest BCUT2D eigenvalue weighted by molar-refractivity contribution is 5.43. The molecule has 1 heterocycles. The summed E-state index contributed by atoms with van der Waals surface area (Å²) < 4.78 is 11.0. The Morgan fingerprint density at radius 1 is 1.19 bits per heavy atom. The number of nitrogens with zero attached hydrogens (tertiary/aromatic N) is 1. The van der Waals surface area contributed by atoms with Gasteiger partial charge in [0.25, 0.3) is 0 Å². The molecule has 2 rings (SSSR count). The van der Waals surface area contributed by atoms with Gasteiger partial charge in [-0.3, -0.25) is 0 Å². The molecule has 0 spiro atoms. The average Bonchev–Trinajstić information content (AvgIpc) is 2.77. The molecule has 0 aliphatic carbocycles. The summed E-state index contributed by atoms with van der Waals surface area (Å²) in [6, 6.07) is 6.28. The van der Waals surface area contributed by atoms with E-state index in [1.165, 1.54) is 38.0 Å². The predicted octanol–water partition coefficient (Wildman–Crippen LogP) is 2.32. The van der Waals surface area contributed by atoms with Crippen LogP contribution in [0.2, 0.25) is 0 Å². The molecule has 0 saturated carbocycles. The minimum absolute atomic E-state index is 0.665. The molecule has 0 radical (unpaired) electrons. The summed E-state index contributed by atoms with van der Waals surface area (Å²) in [6.45, 7) is 8.51. The SMILES string of the molecule is CCOc1ccc(CCCN2CCCNCC2)cc1OC. The Morgan fingerprint density at radius 2 is 2.10 bits per heavy atom. The first kappa shape index (κ1) is 16.1. The highest BCUT2D eigenvalue weighted by atomic mass is 16.5. The van der Waals surface area contributed by atoms with Gasteiger partial charge in [-0.05, 0) is 63.5 Å². The lowest BCUT2D eigenvalue weighted by Crippen LogP contribution is -2.29. The summed E-state index contributed by atoms with van der Waals surface area (Å²) in [5, 5.41) is 3.45. The second-order valence-electron chi connectivity index (χ2n) is 5.47. The molecule has 1 N–H and O–H groups in total. The number of ether oxygens (including phenoxy) is 2. The Bertz CT molecular complexity index is 415. The summed E-state index contributed by atoms with van der Waals surface area (Å²) >= 11 is 0. The van der Waals surface area contributed by atoms with E-state index in [0.29, 0.717) is 6.61 Å². The van der Waals surface area contributed by atoms with Crippen molar-refractivity contribution >= 4 is 0 Å². The zero-order valence-electron chi connectivity index (χ0n) is 13.4. The normalized spacial score (nSPS) is 16.5. The summed E-state index contributed by atoms with van der Waals surface area (Å²) in [4.78, 5) is 2.56. The molecule has 0 atom stereocenters. The van der Waals surface area contributed by atoms with Crippen LogP contribution in [-0.4, -0.2) is 51.3 Å². The molecule has 4 heteroatoms. The Labute approximate surface area is 128 Å². The fourth-order valence-electron chi connectivity index (χ4n) is 2.77. The second-order valence-corrected chi connectivity index (χ2v) is 5.47. The van der Waals surface area contributed by atoms with Crippen LogP contribution in [0.25, 0.3) is 0 Å². The highest BCUT2D eigenvalue weighted by Crippen LogP contribution is 2.28. The van der Waals surface area contributed by atoms with E-state index in [4.69, 9.17) is 9.47 Å². The van der Waals surface area contributed by atoms with Crippen LogP contribution in [0.15, 0.2) is 18.2 Å². The maximum atomic E-state index is 5.56. The fraction of sp³-hybridized carbons (Fsp3) is 0.647. The Kier molecular flexibility index (Phi) is 6.83. The van der Waals surface area contributed by atoms with E-state index in [2.05, 4.69) is 22.3 Å². The van der Waals surface area contributed by atoms with Gasteiger partial charge in [-0.1, -0.05) is 6.07 Å². The Balaban J connectivity index is 1.82. The van der Waals surface area contributed by atoms with Crippen LogP contribution in [-0.2, 0) is 6.42 Å². The van der Waals surface area contributed by atoms with Crippen LogP contribution in [0.1, 0.15) is 25.3 Å². The van der Waals surface area contributed by atoms with Crippen molar-refractivity contribution in [2.24, 2.45) is 0 Å². The molecule has 1 aromatic carbocycles. The maximum Gasteiger partial charge on any atom is 0.161 e. The topological polar surface area (TPSA) is 33.7 Å². The zero-order chi connectivity index (χ0) is 14.9. The van der Waals surface area contributed by atoms with Crippen molar-refractivity contribution < 1.29 is 9.47 Å². The van der Waals surface area contributed by atoms with E-state index in [1.54, 1.807) is 7.11 Å². The van der Waals surface area contributed by atoms with E-state index in [0.717, 1.165) is 31.0 Å². The smallest absolute Gasteiger partial charge is 0.161 e. The number of hydrogen-bond acceptors (Lipinski definition) is 4. The van der Waals surface area contributed by atoms with Gasteiger partial charge in [-0.2, -0.15) is 0 Å². The third-order valence-electron chi connectivity index (χ3n) is 3.90. The number of nitrogens with one attached hydrogen (secondary N) is 1. The first-order valence-corrected chi connectivity index (χ1v) is 8.06. The summed E-state index contributed by atoms with van der Waals surface area (Å²) in [7, 11) is 1.70. The number of aryl methyl sites for hydroxylation is 1. The number of methoxy groups -OCH3 is 1. The molecule has 1 fully saturated rings. The van der Waals surface area contributed by atoms with Gasteiger partial charge in [-0.15, -0.1) is 0 Å². The fourth-order valence-corrected chi connectivity index (χ4v) is 2.77. The lowest BCUT2D eigenvalue weighted by atomic mass is 10.1. The van der Waals surface area contributed by atoms with E-state index >= 15 is 0 Å². The number of benzene rings is 1. The van der Waals surface area contributed by atoms with E-state index in [1.807, 2.05) is 13.0 Å². The van der Waals surface area contributed by atoms with Gasteiger partial charge in [0.1, 0.15) is 0 Å². The van der Waals surface area contributed by atoms with E-state index < -0.39 is 0 Å². The third kappa shape index (κ3) is 5.21. The van der Waals surface area contributed by atoms with Crippen LogP contribution < -0.4 is 14.8 Å². The first-order chi connectivity index (χ1) is 10.3. The molecule has 0 aromatic heterocycles. The largest absolute Gasteiger partial charge is 0.493 e. The standard InChI is InChI=1S/C17H28N2O2/c1-3-21-16-8-7-15(14-17(16)20-2)6-4-11-19-12-5-9-18-10-13-19/h7-8,14,18H,3-6,9-13H2,1-2H3. The quantitative estimate of drug-likeness (QED) is 0.836. The summed E-state index contributed by atoms with van der Waals surface area (Å²) in [5.41, 5.74) is 1.32. The van der Waals surface area contributed by atoms with Crippen LogP contribution >= 0.6 is 0 Å². The van der Waals surface area contributed by atoms with E-state index in [9.17, 15) is 0 Å². The molecule has 4 nitrogen and oxygen atoms in total. The lowest BCUT2D eigenvalue weighted by molar-refractivity contribution is 0.288. The molecule has 0 unspecified atom stereocenters. The van der Waals surface area contributed by atoms with Crippen molar-refractivity contribution in [2.75, 3.05) is 46.4 Å². The zero-order valence-corrected chi connectivity index (χ0v) is 13.4. The first-order valence-electron chi connectivity index (χ1n) is 8.06. The minimum atomic E-state index is 0.665. The summed E-state index contributed by atoms with van der Waals surface area (Å²) in [5.74, 6) is 1.68. The molecule has 0 amide bonds. The predicted molar refractivity (Wildman–Crippen MR) is 86.4 cm³/mol. The minimum Gasteiger partial charge on any atom is -0.493 e. The van der Waals surface area contributed by atoms with Crippen LogP contribution in [0.5, 0.6) is 11.5 Å². The molecule has 118 valence electrons. The number of rotatable bonds is 7. The van der Waals surface area contributed by atoms with Crippen LogP contribution in [0.3, 0.4) is 0 Å². The summed E-state index contributed by atoms with van der Waals surface area (Å²) in [6.07, 6.45) is 3.54. The van der Waals surface area contributed by atoms with Crippen molar-refractivity contribution in [3.63, 3.8) is 0 Å². The lowest BCUT2D eigenvalue weighted by Gasteiger charge is -2.19. The molecular weight excluding hydrogens is 264 g/mol. The Hall–Kier alpha value is -1.26. The van der Waals surface area contributed by atoms with Crippen molar-refractivity contribution in [3.8, 4) is 11.5 Å². The average molecular weight is 292 g/mol. The molecule has 1 aromatic rings. The molecule has 1 aliphatic heterocycles. The van der Waals surface area contributed by atoms with Gasteiger partial charge in [0.05, 0.1) is 13.7 Å². The Morgan fingerprint density at radius 3 is 2.90 bits per heavy atom. The molecule has 1 saturated heterocycles. The van der Waals surface area contributed by atoms with Crippen LogP contribution in [0.4, 0.5) is 0 Å². The van der Waals surface area contributed by atoms with Gasteiger partial charge in [0.2, 0.25) is 0 Å². The highest BCUT2D eigenvalue weighted by Gasteiger charge is 2.09. The van der Waals surface area contributed by atoms with Crippen molar-refractivity contribution in [1.29, 1.82) is 0 Å². The molecule has 1 aliphatic rings. The van der Waals surface area contributed by atoms with Gasteiger partial charge >= 0.3 is 0 Å². The molecule has 0 bridgehead atoms. The molecule has 21 heavy (non-hydrogen) atoms. The molecular formula is C17H28N2O2. The maximum absolute atomic E-state index is 5.56. The van der Waals surface area contributed by atoms with Crippen LogP contribution in [0, 0.1) is 0 Å². The van der Waals surface area contributed by atoms with Crippen molar-refractivity contribution in [1.82, 2.24) is 10.2 Å². The third-order valence-corrected chi connectivity index (χ3v) is 3.90.